The fourth-order valence-electron chi connectivity index (χ4n) is 2.83. The Hall–Kier alpha value is -1.51. The monoisotopic (exact) mass is 258 g/mol. The first-order valence-corrected chi connectivity index (χ1v) is 7.40. The summed E-state index contributed by atoms with van der Waals surface area (Å²) in [7, 11) is 0. The zero-order valence-electron chi connectivity index (χ0n) is 11.6. The van der Waals surface area contributed by atoms with Gasteiger partial charge in [-0.3, -0.25) is 4.79 Å². The number of benzene rings is 1. The molecule has 2 aliphatic rings. The van der Waals surface area contributed by atoms with Gasteiger partial charge in [0.1, 0.15) is 0 Å². The first-order valence-electron chi connectivity index (χ1n) is 7.40. The minimum absolute atomic E-state index is 0.179. The van der Waals surface area contributed by atoms with E-state index in [0.717, 1.165) is 25.2 Å². The van der Waals surface area contributed by atoms with Crippen LogP contribution in [-0.2, 0) is 4.79 Å². The predicted molar refractivity (Wildman–Crippen MR) is 78.4 cm³/mol. The summed E-state index contributed by atoms with van der Waals surface area (Å²) in [6, 6.07) is 8.29. The number of anilines is 2. The molecule has 1 N–H and O–H groups in total. The molecule has 3 nitrogen and oxygen atoms in total. The van der Waals surface area contributed by atoms with Crippen molar-refractivity contribution >= 4 is 17.3 Å². The lowest BCUT2D eigenvalue weighted by Gasteiger charge is -2.28. The van der Waals surface area contributed by atoms with Crippen LogP contribution in [0.15, 0.2) is 24.3 Å². The van der Waals surface area contributed by atoms with Crippen molar-refractivity contribution in [3.8, 4) is 0 Å². The second kappa shape index (κ2) is 5.24. The van der Waals surface area contributed by atoms with Crippen molar-refractivity contribution in [3.05, 3.63) is 24.3 Å². The molecule has 1 saturated heterocycles. The van der Waals surface area contributed by atoms with Crippen LogP contribution in [0.4, 0.5) is 11.4 Å². The van der Waals surface area contributed by atoms with Crippen LogP contribution < -0.4 is 10.2 Å². The third kappa shape index (κ3) is 2.91. The van der Waals surface area contributed by atoms with Gasteiger partial charge in [-0.1, -0.05) is 6.92 Å². The number of hydrogen-bond acceptors (Lipinski definition) is 2. The summed E-state index contributed by atoms with van der Waals surface area (Å²) in [4.78, 5) is 14.3. The van der Waals surface area contributed by atoms with Crippen LogP contribution >= 0.6 is 0 Å². The fourth-order valence-corrected chi connectivity index (χ4v) is 2.83. The van der Waals surface area contributed by atoms with Crippen LogP contribution in [-0.4, -0.2) is 19.0 Å². The van der Waals surface area contributed by atoms with Crippen molar-refractivity contribution in [2.24, 2.45) is 11.8 Å². The molecule has 1 aliphatic heterocycles. The topological polar surface area (TPSA) is 32.3 Å². The van der Waals surface area contributed by atoms with E-state index in [9.17, 15) is 4.79 Å². The third-order valence-electron chi connectivity index (χ3n) is 4.30. The van der Waals surface area contributed by atoms with E-state index in [1.54, 1.807) is 0 Å². The quantitative estimate of drug-likeness (QED) is 0.902. The molecule has 0 unspecified atom stereocenters. The highest BCUT2D eigenvalue weighted by atomic mass is 16.2. The van der Waals surface area contributed by atoms with E-state index >= 15 is 0 Å². The molecule has 2 atom stereocenters. The van der Waals surface area contributed by atoms with Crippen molar-refractivity contribution < 1.29 is 4.79 Å². The van der Waals surface area contributed by atoms with Crippen LogP contribution in [0.25, 0.3) is 0 Å². The summed E-state index contributed by atoms with van der Waals surface area (Å²) < 4.78 is 0. The van der Waals surface area contributed by atoms with Crippen LogP contribution in [0.2, 0.25) is 0 Å². The molecular weight excluding hydrogens is 236 g/mol. The largest absolute Gasteiger partial charge is 0.372 e. The molecular formula is C16H22N2O. The van der Waals surface area contributed by atoms with Crippen LogP contribution in [0, 0.1) is 11.8 Å². The Balaban J connectivity index is 1.60. The molecule has 0 radical (unpaired) electrons. The van der Waals surface area contributed by atoms with E-state index in [0.29, 0.717) is 5.92 Å². The van der Waals surface area contributed by atoms with Gasteiger partial charge in [0.15, 0.2) is 0 Å². The summed E-state index contributed by atoms with van der Waals surface area (Å²) in [5, 5.41) is 3.01. The molecule has 0 spiro atoms. The number of carbonyl (C=O) groups excluding carboxylic acids is 1. The van der Waals surface area contributed by atoms with Crippen molar-refractivity contribution in [1.82, 2.24) is 0 Å². The van der Waals surface area contributed by atoms with E-state index in [2.05, 4.69) is 29.3 Å². The number of nitrogens with one attached hydrogen (secondary N) is 1. The van der Waals surface area contributed by atoms with Crippen molar-refractivity contribution in [3.63, 3.8) is 0 Å². The average Bonchev–Trinajstić information content (AvgIpc) is 3.18. The van der Waals surface area contributed by atoms with E-state index in [1.165, 1.54) is 24.9 Å². The van der Waals surface area contributed by atoms with Crippen LogP contribution in [0.3, 0.4) is 0 Å². The maximum absolute atomic E-state index is 11.9. The normalized spacial score (nSPS) is 26.1. The maximum Gasteiger partial charge on any atom is 0.227 e. The number of nitrogens with zero attached hydrogens (tertiary/aromatic N) is 1. The molecule has 0 bridgehead atoms. The second-order valence-corrected chi connectivity index (χ2v) is 5.90. The molecule has 1 aliphatic carbocycles. The molecule has 1 saturated carbocycles. The fraction of sp³-hybridized carbons (Fsp3) is 0.562. The Bertz CT molecular complexity index is 448. The number of piperidine rings is 1. The molecule has 2 fully saturated rings. The molecule has 1 aromatic rings. The first-order chi connectivity index (χ1) is 9.24. The van der Waals surface area contributed by atoms with Crippen molar-refractivity contribution in [2.45, 2.75) is 32.6 Å². The predicted octanol–water partition coefficient (Wildman–Crippen LogP) is 3.27. The van der Waals surface area contributed by atoms with Gasteiger partial charge in [-0.2, -0.15) is 0 Å². The van der Waals surface area contributed by atoms with Gasteiger partial charge in [0.2, 0.25) is 5.91 Å². The van der Waals surface area contributed by atoms with Gasteiger partial charge in [0.25, 0.3) is 0 Å². The Kier molecular flexibility index (Phi) is 3.45. The Morgan fingerprint density at radius 3 is 2.37 bits per heavy atom. The van der Waals surface area contributed by atoms with Gasteiger partial charge in [0.05, 0.1) is 0 Å². The Morgan fingerprint density at radius 1 is 1.16 bits per heavy atom. The van der Waals surface area contributed by atoms with Gasteiger partial charge in [-0.25, -0.2) is 0 Å². The lowest BCUT2D eigenvalue weighted by Crippen LogP contribution is -2.29. The third-order valence-corrected chi connectivity index (χ3v) is 4.30. The van der Waals surface area contributed by atoms with E-state index in [4.69, 9.17) is 0 Å². The zero-order valence-corrected chi connectivity index (χ0v) is 11.6. The minimum Gasteiger partial charge on any atom is -0.372 e. The molecule has 102 valence electrons. The first kappa shape index (κ1) is 12.5. The molecule has 3 rings (SSSR count). The summed E-state index contributed by atoms with van der Waals surface area (Å²) in [6.45, 7) is 4.44. The highest BCUT2D eigenvalue weighted by molar-refractivity contribution is 5.94. The summed E-state index contributed by atoms with van der Waals surface area (Å²) >= 11 is 0. The van der Waals surface area contributed by atoms with Crippen molar-refractivity contribution in [1.29, 1.82) is 0 Å². The lowest BCUT2D eigenvalue weighted by atomic mass is 10.1. The number of rotatable bonds is 3. The van der Waals surface area contributed by atoms with Gasteiger partial charge in [0, 0.05) is 30.4 Å². The highest BCUT2D eigenvalue weighted by Gasteiger charge is 2.38. The zero-order chi connectivity index (χ0) is 13.2. The van der Waals surface area contributed by atoms with Gasteiger partial charge >= 0.3 is 0 Å². The number of carbonyl (C=O) groups is 1. The van der Waals surface area contributed by atoms with Crippen LogP contribution in [0.5, 0.6) is 0 Å². The molecule has 1 amide bonds. The Labute approximate surface area is 115 Å². The van der Waals surface area contributed by atoms with E-state index < -0.39 is 0 Å². The minimum atomic E-state index is 0.179. The molecule has 3 heteroatoms. The van der Waals surface area contributed by atoms with Crippen molar-refractivity contribution in [2.75, 3.05) is 23.3 Å². The van der Waals surface area contributed by atoms with E-state index in [1.807, 2.05) is 12.1 Å². The summed E-state index contributed by atoms with van der Waals surface area (Å²) in [5.74, 6) is 0.979. The molecule has 0 aromatic heterocycles. The molecule has 1 aromatic carbocycles. The molecule has 19 heavy (non-hydrogen) atoms. The maximum atomic E-state index is 11.9. The second-order valence-electron chi connectivity index (χ2n) is 5.90. The standard InChI is InChI=1S/C16H22N2O/c1-12-11-15(12)16(19)17-13-5-7-14(8-6-13)18-9-3-2-4-10-18/h5-8,12,15H,2-4,9-11H2,1H3,(H,17,19)/t12-,15-/m1/s1. The highest BCUT2D eigenvalue weighted by Crippen LogP contribution is 2.38. The van der Waals surface area contributed by atoms with E-state index in [-0.39, 0.29) is 11.8 Å². The van der Waals surface area contributed by atoms with Gasteiger partial charge in [-0.15, -0.1) is 0 Å². The lowest BCUT2D eigenvalue weighted by molar-refractivity contribution is -0.117. The SMILES string of the molecule is C[C@@H]1C[C@H]1C(=O)Nc1ccc(N2CCCCC2)cc1. The van der Waals surface area contributed by atoms with Gasteiger partial charge < -0.3 is 10.2 Å². The Morgan fingerprint density at radius 2 is 1.79 bits per heavy atom. The smallest absolute Gasteiger partial charge is 0.227 e. The van der Waals surface area contributed by atoms with Gasteiger partial charge in [-0.05, 0) is 55.9 Å². The van der Waals surface area contributed by atoms with Crippen LogP contribution in [0.1, 0.15) is 32.6 Å². The average molecular weight is 258 g/mol. The molecule has 1 heterocycles. The summed E-state index contributed by atoms with van der Waals surface area (Å²) in [5.41, 5.74) is 2.20. The number of amides is 1. The summed E-state index contributed by atoms with van der Waals surface area (Å²) in [6.07, 6.45) is 4.97. The number of hydrogen-bond donors (Lipinski definition) is 1.